The fraction of sp³-hybridized carbons (Fsp3) is 0.556. The van der Waals surface area contributed by atoms with Crippen LogP contribution in [0.3, 0.4) is 0 Å². The molecule has 7 heteroatoms. The molecule has 0 unspecified atom stereocenters. The first-order valence-corrected chi connectivity index (χ1v) is 6.72. The Kier molecular flexibility index (Phi) is 3.35. The third-order valence-electron chi connectivity index (χ3n) is 2.52. The van der Waals surface area contributed by atoms with E-state index in [9.17, 15) is 8.42 Å². The predicted octanol–water partition coefficient (Wildman–Crippen LogP) is -0.0297. The van der Waals surface area contributed by atoms with Crippen LogP contribution < -0.4 is 10.0 Å². The average molecular weight is 242 g/mol. The second kappa shape index (κ2) is 4.75. The van der Waals surface area contributed by atoms with Crippen molar-refractivity contribution in [1.29, 1.82) is 0 Å². The molecular weight excluding hydrogens is 228 g/mol. The molecule has 1 saturated heterocycles. The summed E-state index contributed by atoms with van der Waals surface area (Å²) in [5.74, 6) is 0.140. The molecule has 0 atom stereocenters. The fourth-order valence-corrected chi connectivity index (χ4v) is 3.05. The van der Waals surface area contributed by atoms with E-state index in [-0.39, 0.29) is 11.2 Å². The zero-order valence-corrected chi connectivity index (χ0v) is 9.57. The van der Waals surface area contributed by atoms with E-state index in [4.69, 9.17) is 0 Å². The van der Waals surface area contributed by atoms with Crippen LogP contribution in [0.1, 0.15) is 12.8 Å². The Labute approximate surface area is 94.6 Å². The zero-order chi connectivity index (χ0) is 11.4. The van der Waals surface area contributed by atoms with Gasteiger partial charge < -0.3 is 5.32 Å². The topological polar surface area (TPSA) is 84.0 Å². The summed E-state index contributed by atoms with van der Waals surface area (Å²) in [5, 5.41) is 2.78. The van der Waals surface area contributed by atoms with E-state index in [1.165, 1.54) is 12.4 Å². The van der Waals surface area contributed by atoms with Gasteiger partial charge in [0.2, 0.25) is 16.0 Å². The van der Waals surface area contributed by atoms with Gasteiger partial charge in [-0.25, -0.2) is 18.4 Å². The molecule has 1 fully saturated rings. The summed E-state index contributed by atoms with van der Waals surface area (Å²) in [7, 11) is -3.35. The first-order chi connectivity index (χ1) is 7.68. The van der Waals surface area contributed by atoms with Crippen LogP contribution in [-0.2, 0) is 10.0 Å². The maximum absolute atomic E-state index is 11.9. The van der Waals surface area contributed by atoms with Crippen molar-refractivity contribution < 1.29 is 8.42 Å². The summed E-state index contributed by atoms with van der Waals surface area (Å²) < 4.78 is 26.3. The van der Waals surface area contributed by atoms with E-state index >= 15 is 0 Å². The molecule has 0 bridgehead atoms. The highest BCUT2D eigenvalue weighted by Gasteiger charge is 2.27. The van der Waals surface area contributed by atoms with Gasteiger partial charge in [-0.3, -0.25) is 4.72 Å². The van der Waals surface area contributed by atoms with Crippen molar-refractivity contribution in [1.82, 2.24) is 15.3 Å². The first-order valence-electron chi connectivity index (χ1n) is 5.18. The summed E-state index contributed by atoms with van der Waals surface area (Å²) in [6, 6.07) is 1.64. The van der Waals surface area contributed by atoms with Crippen LogP contribution in [-0.4, -0.2) is 36.7 Å². The van der Waals surface area contributed by atoms with Gasteiger partial charge in [0.05, 0.1) is 5.25 Å². The van der Waals surface area contributed by atoms with Crippen LogP contribution in [0.4, 0.5) is 5.95 Å². The van der Waals surface area contributed by atoms with Crippen molar-refractivity contribution in [2.45, 2.75) is 18.1 Å². The van der Waals surface area contributed by atoms with E-state index < -0.39 is 10.0 Å². The number of nitrogens with zero attached hydrogens (tertiary/aromatic N) is 2. The van der Waals surface area contributed by atoms with Gasteiger partial charge in [0.15, 0.2) is 0 Å². The molecule has 0 radical (unpaired) electrons. The predicted molar refractivity (Wildman–Crippen MR) is 60.5 cm³/mol. The molecule has 2 rings (SSSR count). The largest absolute Gasteiger partial charge is 0.317 e. The molecule has 0 aliphatic carbocycles. The molecular formula is C9H14N4O2S. The van der Waals surface area contributed by atoms with Gasteiger partial charge in [-0.2, -0.15) is 0 Å². The molecule has 16 heavy (non-hydrogen) atoms. The molecule has 2 N–H and O–H groups in total. The molecule has 0 aromatic carbocycles. The van der Waals surface area contributed by atoms with Crippen molar-refractivity contribution in [3.8, 4) is 0 Å². The Balaban J connectivity index is 2.08. The van der Waals surface area contributed by atoms with Crippen LogP contribution in [0, 0.1) is 0 Å². The van der Waals surface area contributed by atoms with Crippen LogP contribution in [0.2, 0.25) is 0 Å². The minimum absolute atomic E-state index is 0.140. The molecule has 0 saturated carbocycles. The van der Waals surface area contributed by atoms with E-state index in [0.717, 1.165) is 13.1 Å². The normalized spacial score (nSPS) is 18.2. The van der Waals surface area contributed by atoms with Crippen LogP contribution >= 0.6 is 0 Å². The minimum atomic E-state index is -3.35. The average Bonchev–Trinajstić information content (AvgIpc) is 2.31. The minimum Gasteiger partial charge on any atom is -0.317 e. The Hall–Kier alpha value is -1.21. The number of aromatic nitrogens is 2. The first kappa shape index (κ1) is 11.3. The van der Waals surface area contributed by atoms with Gasteiger partial charge in [0.25, 0.3) is 0 Å². The highest BCUT2D eigenvalue weighted by Crippen LogP contribution is 2.14. The lowest BCUT2D eigenvalue weighted by Gasteiger charge is -2.22. The lowest BCUT2D eigenvalue weighted by atomic mass is 10.2. The van der Waals surface area contributed by atoms with E-state index in [2.05, 4.69) is 20.0 Å². The Morgan fingerprint density at radius 2 is 1.88 bits per heavy atom. The van der Waals surface area contributed by atoms with Gasteiger partial charge in [-0.1, -0.05) is 0 Å². The van der Waals surface area contributed by atoms with E-state index in [1.807, 2.05) is 0 Å². The lowest BCUT2D eigenvalue weighted by Crippen LogP contribution is -2.38. The van der Waals surface area contributed by atoms with Gasteiger partial charge in [0.1, 0.15) is 0 Å². The summed E-state index contributed by atoms with van der Waals surface area (Å²) >= 11 is 0. The van der Waals surface area contributed by atoms with Crippen molar-refractivity contribution in [3.05, 3.63) is 18.5 Å². The second-order valence-electron chi connectivity index (χ2n) is 3.67. The SMILES string of the molecule is O=S(=O)(Nc1ncccn1)C1CCNCC1. The highest BCUT2D eigenvalue weighted by atomic mass is 32.2. The van der Waals surface area contributed by atoms with Crippen molar-refractivity contribution >= 4 is 16.0 Å². The third-order valence-corrected chi connectivity index (χ3v) is 4.34. The highest BCUT2D eigenvalue weighted by molar-refractivity contribution is 7.93. The Bertz CT molecular complexity index is 428. The van der Waals surface area contributed by atoms with Gasteiger partial charge in [0, 0.05) is 12.4 Å². The fourth-order valence-electron chi connectivity index (χ4n) is 1.67. The van der Waals surface area contributed by atoms with Gasteiger partial charge >= 0.3 is 0 Å². The smallest absolute Gasteiger partial charge is 0.238 e. The summed E-state index contributed by atoms with van der Waals surface area (Å²) in [4.78, 5) is 7.68. The van der Waals surface area contributed by atoms with Gasteiger partial charge in [-0.05, 0) is 32.0 Å². The third kappa shape index (κ3) is 2.67. The molecule has 1 aromatic rings. The molecule has 2 heterocycles. The number of rotatable bonds is 3. The number of hydrogen-bond donors (Lipinski definition) is 2. The second-order valence-corrected chi connectivity index (χ2v) is 5.63. The molecule has 0 spiro atoms. The summed E-state index contributed by atoms with van der Waals surface area (Å²) in [6.45, 7) is 1.47. The Morgan fingerprint density at radius 1 is 1.25 bits per heavy atom. The number of piperidine rings is 1. The van der Waals surface area contributed by atoms with Crippen LogP contribution in [0.25, 0.3) is 0 Å². The number of nitrogens with one attached hydrogen (secondary N) is 2. The molecule has 1 aliphatic rings. The summed E-state index contributed by atoms with van der Waals surface area (Å²) in [6.07, 6.45) is 4.27. The number of sulfonamides is 1. The Morgan fingerprint density at radius 3 is 2.50 bits per heavy atom. The quantitative estimate of drug-likeness (QED) is 0.777. The molecule has 1 aliphatic heterocycles. The standard InChI is InChI=1S/C9H14N4O2S/c14-16(15,8-2-6-10-7-3-8)13-9-11-4-1-5-12-9/h1,4-5,8,10H,2-3,6-7H2,(H,11,12,13). The molecule has 88 valence electrons. The van der Waals surface area contributed by atoms with E-state index in [1.54, 1.807) is 6.07 Å². The lowest BCUT2D eigenvalue weighted by molar-refractivity contribution is 0.498. The van der Waals surface area contributed by atoms with Gasteiger partial charge in [-0.15, -0.1) is 0 Å². The summed E-state index contributed by atoms with van der Waals surface area (Å²) in [5.41, 5.74) is 0. The molecule has 1 aromatic heterocycles. The molecule has 0 amide bonds. The van der Waals surface area contributed by atoms with Crippen molar-refractivity contribution in [2.24, 2.45) is 0 Å². The number of anilines is 1. The van der Waals surface area contributed by atoms with E-state index in [0.29, 0.717) is 12.8 Å². The maximum atomic E-state index is 11.9. The zero-order valence-electron chi connectivity index (χ0n) is 8.76. The molecule has 6 nitrogen and oxygen atoms in total. The number of hydrogen-bond acceptors (Lipinski definition) is 5. The van der Waals surface area contributed by atoms with Crippen LogP contribution in [0.15, 0.2) is 18.5 Å². The van der Waals surface area contributed by atoms with Crippen molar-refractivity contribution in [3.63, 3.8) is 0 Å². The monoisotopic (exact) mass is 242 g/mol. The van der Waals surface area contributed by atoms with Crippen LogP contribution in [0.5, 0.6) is 0 Å². The maximum Gasteiger partial charge on any atom is 0.238 e. The van der Waals surface area contributed by atoms with Crippen molar-refractivity contribution in [2.75, 3.05) is 17.8 Å².